The van der Waals surface area contributed by atoms with E-state index in [-0.39, 0.29) is 11.6 Å². The van der Waals surface area contributed by atoms with E-state index >= 15 is 0 Å². The van der Waals surface area contributed by atoms with Crippen LogP contribution >= 0.6 is 0 Å². The number of ether oxygens (including phenoxy) is 1. The Labute approximate surface area is 105 Å². The number of nitrogens with zero attached hydrogens (tertiary/aromatic N) is 1. The Morgan fingerprint density at radius 3 is 2.47 bits per heavy atom. The SMILES string of the molecule is CC(C)OCc1cccc(CNC(C)(C)C)n1. The first kappa shape index (κ1) is 14.1. The zero-order valence-corrected chi connectivity index (χ0v) is 11.6. The molecule has 1 rings (SSSR count). The molecule has 0 aromatic carbocycles. The van der Waals surface area contributed by atoms with Gasteiger partial charge in [0.25, 0.3) is 0 Å². The highest BCUT2D eigenvalue weighted by atomic mass is 16.5. The number of nitrogens with one attached hydrogen (secondary N) is 1. The lowest BCUT2D eigenvalue weighted by atomic mass is 10.1. The molecule has 0 aliphatic heterocycles. The van der Waals surface area contributed by atoms with Crippen LogP contribution in [0, 0.1) is 0 Å². The van der Waals surface area contributed by atoms with Gasteiger partial charge in [0.2, 0.25) is 0 Å². The molecule has 0 amide bonds. The molecule has 96 valence electrons. The van der Waals surface area contributed by atoms with Gasteiger partial charge in [0, 0.05) is 12.1 Å². The Hall–Kier alpha value is -0.930. The highest BCUT2D eigenvalue weighted by Gasteiger charge is 2.09. The molecule has 0 unspecified atom stereocenters. The van der Waals surface area contributed by atoms with Gasteiger partial charge in [-0.05, 0) is 46.8 Å². The standard InChI is InChI=1S/C14H24N2O/c1-11(2)17-10-13-8-6-7-12(16-13)9-15-14(3,4)5/h6-8,11,15H,9-10H2,1-5H3. The van der Waals surface area contributed by atoms with Crippen molar-refractivity contribution < 1.29 is 4.74 Å². The Morgan fingerprint density at radius 2 is 1.88 bits per heavy atom. The predicted molar refractivity (Wildman–Crippen MR) is 70.8 cm³/mol. The second kappa shape index (κ2) is 6.12. The van der Waals surface area contributed by atoms with Gasteiger partial charge < -0.3 is 10.1 Å². The van der Waals surface area contributed by atoms with Crippen LogP contribution in [-0.4, -0.2) is 16.6 Å². The zero-order valence-electron chi connectivity index (χ0n) is 11.6. The summed E-state index contributed by atoms with van der Waals surface area (Å²) >= 11 is 0. The highest BCUT2D eigenvalue weighted by molar-refractivity contribution is 5.10. The van der Waals surface area contributed by atoms with Crippen LogP contribution in [0.3, 0.4) is 0 Å². The number of pyridine rings is 1. The fraction of sp³-hybridized carbons (Fsp3) is 0.643. The van der Waals surface area contributed by atoms with E-state index in [1.54, 1.807) is 0 Å². The van der Waals surface area contributed by atoms with Crippen LogP contribution in [0.15, 0.2) is 18.2 Å². The maximum Gasteiger partial charge on any atom is 0.0891 e. The summed E-state index contributed by atoms with van der Waals surface area (Å²) in [6.45, 7) is 11.9. The average Bonchev–Trinajstić information content (AvgIpc) is 2.23. The monoisotopic (exact) mass is 236 g/mol. The van der Waals surface area contributed by atoms with Crippen LogP contribution in [0.2, 0.25) is 0 Å². The molecule has 0 fully saturated rings. The van der Waals surface area contributed by atoms with E-state index in [1.807, 2.05) is 32.0 Å². The summed E-state index contributed by atoms with van der Waals surface area (Å²) in [7, 11) is 0. The second-order valence-electron chi connectivity index (χ2n) is 5.58. The Kier molecular flexibility index (Phi) is 5.09. The summed E-state index contributed by atoms with van der Waals surface area (Å²) in [5.41, 5.74) is 2.17. The van der Waals surface area contributed by atoms with E-state index in [0.29, 0.717) is 6.61 Å². The third-order valence-corrected chi connectivity index (χ3v) is 2.23. The fourth-order valence-corrected chi connectivity index (χ4v) is 1.32. The molecule has 3 heteroatoms. The Bertz CT molecular complexity index is 342. The summed E-state index contributed by atoms with van der Waals surface area (Å²) < 4.78 is 5.55. The molecule has 1 heterocycles. The van der Waals surface area contributed by atoms with Crippen molar-refractivity contribution in [2.24, 2.45) is 0 Å². The van der Waals surface area contributed by atoms with Crippen molar-refractivity contribution in [3.05, 3.63) is 29.6 Å². The van der Waals surface area contributed by atoms with E-state index < -0.39 is 0 Å². The molecule has 0 spiro atoms. The molecule has 17 heavy (non-hydrogen) atoms. The normalized spacial score (nSPS) is 12.1. The van der Waals surface area contributed by atoms with Gasteiger partial charge in [-0.15, -0.1) is 0 Å². The Morgan fingerprint density at radius 1 is 1.24 bits per heavy atom. The largest absolute Gasteiger partial charge is 0.373 e. The summed E-state index contributed by atoms with van der Waals surface area (Å²) in [4.78, 5) is 4.56. The first-order valence-electron chi connectivity index (χ1n) is 6.18. The summed E-state index contributed by atoms with van der Waals surface area (Å²) in [6.07, 6.45) is 0.244. The van der Waals surface area contributed by atoms with Gasteiger partial charge in [0.1, 0.15) is 0 Å². The van der Waals surface area contributed by atoms with Crippen LogP contribution < -0.4 is 5.32 Å². The summed E-state index contributed by atoms with van der Waals surface area (Å²) in [5.74, 6) is 0. The van der Waals surface area contributed by atoms with E-state index in [9.17, 15) is 0 Å². The maximum absolute atomic E-state index is 5.55. The smallest absolute Gasteiger partial charge is 0.0891 e. The molecule has 0 bridgehead atoms. The van der Waals surface area contributed by atoms with Crippen molar-refractivity contribution in [3.63, 3.8) is 0 Å². The lowest BCUT2D eigenvalue weighted by molar-refractivity contribution is 0.0635. The van der Waals surface area contributed by atoms with E-state index in [2.05, 4.69) is 31.1 Å². The van der Waals surface area contributed by atoms with Gasteiger partial charge in [0.05, 0.1) is 24.1 Å². The Balaban J connectivity index is 2.54. The maximum atomic E-state index is 5.55. The summed E-state index contributed by atoms with van der Waals surface area (Å²) in [6, 6.07) is 6.08. The molecule has 3 nitrogen and oxygen atoms in total. The molecule has 0 saturated heterocycles. The van der Waals surface area contributed by atoms with Gasteiger partial charge in [-0.1, -0.05) is 6.07 Å². The quantitative estimate of drug-likeness (QED) is 0.853. The van der Waals surface area contributed by atoms with Crippen molar-refractivity contribution in [3.8, 4) is 0 Å². The first-order valence-corrected chi connectivity index (χ1v) is 6.18. The fourth-order valence-electron chi connectivity index (χ4n) is 1.32. The summed E-state index contributed by atoms with van der Waals surface area (Å²) in [5, 5.41) is 3.43. The second-order valence-corrected chi connectivity index (χ2v) is 5.58. The molecule has 0 atom stereocenters. The minimum absolute atomic E-state index is 0.117. The molecule has 0 saturated carbocycles. The van der Waals surface area contributed by atoms with Crippen LogP contribution in [0.25, 0.3) is 0 Å². The number of hydrogen-bond donors (Lipinski definition) is 1. The van der Waals surface area contributed by atoms with Crippen molar-refractivity contribution in [1.29, 1.82) is 0 Å². The van der Waals surface area contributed by atoms with Crippen LogP contribution in [0.1, 0.15) is 46.0 Å². The van der Waals surface area contributed by atoms with Crippen LogP contribution in [-0.2, 0) is 17.9 Å². The van der Waals surface area contributed by atoms with Gasteiger partial charge in [-0.25, -0.2) is 0 Å². The van der Waals surface area contributed by atoms with Gasteiger partial charge in [-0.2, -0.15) is 0 Å². The topological polar surface area (TPSA) is 34.1 Å². The lowest BCUT2D eigenvalue weighted by Gasteiger charge is -2.20. The van der Waals surface area contributed by atoms with Crippen molar-refractivity contribution in [1.82, 2.24) is 10.3 Å². The number of hydrogen-bond acceptors (Lipinski definition) is 3. The molecule has 0 aliphatic rings. The van der Waals surface area contributed by atoms with E-state index in [1.165, 1.54) is 0 Å². The number of rotatable bonds is 5. The highest BCUT2D eigenvalue weighted by Crippen LogP contribution is 2.05. The van der Waals surface area contributed by atoms with E-state index in [4.69, 9.17) is 4.74 Å². The minimum atomic E-state index is 0.117. The minimum Gasteiger partial charge on any atom is -0.373 e. The van der Waals surface area contributed by atoms with Crippen LogP contribution in [0.5, 0.6) is 0 Å². The zero-order chi connectivity index (χ0) is 12.9. The average molecular weight is 236 g/mol. The third-order valence-electron chi connectivity index (χ3n) is 2.23. The van der Waals surface area contributed by atoms with Crippen molar-refractivity contribution >= 4 is 0 Å². The van der Waals surface area contributed by atoms with Crippen molar-refractivity contribution in [2.45, 2.75) is 59.4 Å². The van der Waals surface area contributed by atoms with Crippen LogP contribution in [0.4, 0.5) is 0 Å². The molecule has 1 N–H and O–H groups in total. The lowest BCUT2D eigenvalue weighted by Crippen LogP contribution is -2.35. The number of aromatic nitrogens is 1. The van der Waals surface area contributed by atoms with Gasteiger partial charge in [-0.3, -0.25) is 4.98 Å². The molecule has 1 aromatic heterocycles. The molecular weight excluding hydrogens is 212 g/mol. The molecular formula is C14H24N2O. The predicted octanol–water partition coefficient (Wildman–Crippen LogP) is 2.89. The third kappa shape index (κ3) is 6.39. The molecule has 0 radical (unpaired) electrons. The van der Waals surface area contributed by atoms with Crippen molar-refractivity contribution in [2.75, 3.05) is 0 Å². The van der Waals surface area contributed by atoms with E-state index in [0.717, 1.165) is 17.9 Å². The first-order chi connectivity index (χ1) is 7.87. The van der Waals surface area contributed by atoms with Gasteiger partial charge >= 0.3 is 0 Å². The van der Waals surface area contributed by atoms with Gasteiger partial charge in [0.15, 0.2) is 0 Å². The molecule has 0 aliphatic carbocycles. The molecule has 1 aromatic rings.